The fourth-order valence-corrected chi connectivity index (χ4v) is 3.55. The van der Waals surface area contributed by atoms with E-state index in [1.54, 1.807) is 19.1 Å². The predicted octanol–water partition coefficient (Wildman–Crippen LogP) is 4.29. The van der Waals surface area contributed by atoms with Crippen LogP contribution in [-0.2, 0) is 14.3 Å². The molecule has 1 saturated heterocycles. The van der Waals surface area contributed by atoms with Crippen LogP contribution in [0.2, 0.25) is 10.0 Å². The standard InChI is InChI=1S/C14H12BrCl2FN2O3/c1-5-12(23-6(2)21)11(18)13(22-5)20-10-4-8(17)7(16)3-9(10)19-14(20)15/h3-5,11-13H,1-2H3/t5-,11-,12-,13-/m1/s1. The molecule has 1 aliphatic heterocycles. The van der Waals surface area contributed by atoms with E-state index >= 15 is 0 Å². The first-order chi connectivity index (χ1) is 10.8. The van der Waals surface area contributed by atoms with Crippen molar-refractivity contribution in [3.05, 3.63) is 26.9 Å². The molecular formula is C14H12BrCl2FN2O3. The molecule has 1 aromatic carbocycles. The Balaban J connectivity index is 2.05. The van der Waals surface area contributed by atoms with Crippen molar-refractivity contribution in [3.63, 3.8) is 0 Å². The van der Waals surface area contributed by atoms with Crippen LogP contribution in [0.5, 0.6) is 0 Å². The van der Waals surface area contributed by atoms with Crippen LogP contribution >= 0.6 is 39.1 Å². The number of halogens is 4. The third kappa shape index (κ3) is 2.95. The molecule has 124 valence electrons. The van der Waals surface area contributed by atoms with Gasteiger partial charge in [0.25, 0.3) is 0 Å². The number of fused-ring (bicyclic) bond motifs is 1. The Kier molecular flexibility index (Phi) is 4.57. The minimum absolute atomic E-state index is 0.325. The summed E-state index contributed by atoms with van der Waals surface area (Å²) in [6.45, 7) is 2.88. The summed E-state index contributed by atoms with van der Waals surface area (Å²) in [7, 11) is 0. The van der Waals surface area contributed by atoms with Crippen LogP contribution in [0.15, 0.2) is 16.9 Å². The van der Waals surface area contributed by atoms with Crippen molar-refractivity contribution in [2.45, 2.75) is 38.5 Å². The minimum atomic E-state index is -1.54. The van der Waals surface area contributed by atoms with Crippen LogP contribution in [0.4, 0.5) is 4.39 Å². The fraction of sp³-hybridized carbons (Fsp3) is 0.429. The van der Waals surface area contributed by atoms with Crippen LogP contribution in [0.25, 0.3) is 11.0 Å². The summed E-state index contributed by atoms with van der Waals surface area (Å²) in [6, 6.07) is 3.19. The highest BCUT2D eigenvalue weighted by atomic mass is 79.9. The number of esters is 1. The van der Waals surface area contributed by atoms with Gasteiger partial charge in [-0.3, -0.25) is 9.36 Å². The van der Waals surface area contributed by atoms with Crippen LogP contribution in [0, 0.1) is 0 Å². The number of imidazole rings is 1. The number of rotatable bonds is 2. The van der Waals surface area contributed by atoms with Gasteiger partial charge >= 0.3 is 5.97 Å². The molecule has 0 N–H and O–H groups in total. The quantitative estimate of drug-likeness (QED) is 0.673. The molecular weight excluding hydrogens is 414 g/mol. The summed E-state index contributed by atoms with van der Waals surface area (Å²) >= 11 is 15.3. The second-order valence-electron chi connectivity index (χ2n) is 5.26. The molecule has 5 nitrogen and oxygen atoms in total. The Labute approximate surface area is 149 Å². The lowest BCUT2D eigenvalue weighted by molar-refractivity contribution is -0.150. The van der Waals surface area contributed by atoms with Crippen LogP contribution in [0.3, 0.4) is 0 Å². The summed E-state index contributed by atoms with van der Waals surface area (Å²) < 4.78 is 27.4. The number of hydrogen-bond donors (Lipinski definition) is 0. The number of benzene rings is 1. The Morgan fingerprint density at radius 2 is 2.09 bits per heavy atom. The van der Waals surface area contributed by atoms with Gasteiger partial charge in [-0.2, -0.15) is 0 Å². The van der Waals surface area contributed by atoms with Crippen LogP contribution in [-0.4, -0.2) is 33.9 Å². The lowest BCUT2D eigenvalue weighted by Crippen LogP contribution is -2.32. The van der Waals surface area contributed by atoms with Gasteiger partial charge < -0.3 is 9.47 Å². The smallest absolute Gasteiger partial charge is 0.303 e. The summed E-state index contributed by atoms with van der Waals surface area (Å²) in [6.07, 6.45) is -4.11. The van der Waals surface area contributed by atoms with Crippen molar-refractivity contribution in [1.82, 2.24) is 9.55 Å². The number of carbonyl (C=O) groups is 1. The van der Waals surface area contributed by atoms with E-state index in [9.17, 15) is 9.18 Å². The van der Waals surface area contributed by atoms with Crippen molar-refractivity contribution in [3.8, 4) is 0 Å². The van der Waals surface area contributed by atoms with E-state index in [0.29, 0.717) is 25.8 Å². The van der Waals surface area contributed by atoms with Gasteiger partial charge in [0.05, 0.1) is 27.2 Å². The van der Waals surface area contributed by atoms with Crippen molar-refractivity contribution in [2.75, 3.05) is 0 Å². The van der Waals surface area contributed by atoms with E-state index in [1.165, 1.54) is 11.5 Å². The van der Waals surface area contributed by atoms with E-state index in [2.05, 4.69) is 20.9 Å². The second-order valence-corrected chi connectivity index (χ2v) is 6.78. The van der Waals surface area contributed by atoms with Gasteiger partial charge in [0.15, 0.2) is 23.2 Å². The highest BCUT2D eigenvalue weighted by Crippen LogP contribution is 2.39. The monoisotopic (exact) mass is 424 g/mol. The minimum Gasteiger partial charge on any atom is -0.456 e. The Hall–Kier alpha value is -0.890. The zero-order valence-corrected chi connectivity index (χ0v) is 15.2. The molecule has 0 aliphatic carbocycles. The summed E-state index contributed by atoms with van der Waals surface area (Å²) in [5.41, 5.74) is 1.11. The van der Waals surface area contributed by atoms with Crippen molar-refractivity contribution >= 4 is 56.1 Å². The lowest BCUT2D eigenvalue weighted by Gasteiger charge is -2.18. The summed E-state index contributed by atoms with van der Waals surface area (Å²) in [5.74, 6) is -0.557. The van der Waals surface area contributed by atoms with Crippen molar-refractivity contribution in [2.24, 2.45) is 0 Å². The molecule has 0 amide bonds. The zero-order chi connectivity index (χ0) is 16.9. The first-order valence-electron chi connectivity index (χ1n) is 6.79. The molecule has 9 heteroatoms. The SMILES string of the molecule is CC(=O)O[C@H]1[C@@H](F)[C@H](n2c(Br)nc3cc(Cl)c(Cl)cc32)O[C@@H]1C. The van der Waals surface area contributed by atoms with E-state index in [1.807, 2.05) is 0 Å². The average Bonchev–Trinajstić information content (AvgIpc) is 2.89. The fourth-order valence-electron chi connectivity index (χ4n) is 2.65. The van der Waals surface area contributed by atoms with Gasteiger partial charge in [0.2, 0.25) is 0 Å². The number of aromatic nitrogens is 2. The number of nitrogens with zero attached hydrogens (tertiary/aromatic N) is 2. The Morgan fingerprint density at radius 3 is 2.74 bits per heavy atom. The average molecular weight is 426 g/mol. The van der Waals surface area contributed by atoms with Gasteiger partial charge in [-0.25, -0.2) is 9.37 Å². The third-order valence-corrected chi connectivity index (χ3v) is 4.93. The van der Waals surface area contributed by atoms with Crippen molar-refractivity contribution < 1.29 is 18.7 Å². The molecule has 0 saturated carbocycles. The van der Waals surface area contributed by atoms with Gasteiger partial charge in [-0.1, -0.05) is 23.2 Å². The molecule has 1 aromatic heterocycles. The first-order valence-corrected chi connectivity index (χ1v) is 8.33. The maximum Gasteiger partial charge on any atom is 0.303 e. The van der Waals surface area contributed by atoms with Crippen LogP contribution in [0.1, 0.15) is 20.1 Å². The zero-order valence-electron chi connectivity index (χ0n) is 12.1. The predicted molar refractivity (Wildman–Crippen MR) is 87.5 cm³/mol. The van der Waals surface area contributed by atoms with Gasteiger partial charge in [-0.05, 0) is 35.0 Å². The van der Waals surface area contributed by atoms with Gasteiger partial charge in [0.1, 0.15) is 0 Å². The molecule has 4 atom stereocenters. The van der Waals surface area contributed by atoms with Gasteiger partial charge in [-0.15, -0.1) is 0 Å². The molecule has 0 radical (unpaired) electrons. The highest BCUT2D eigenvalue weighted by molar-refractivity contribution is 9.10. The normalized spacial score (nSPS) is 27.6. The molecule has 2 aromatic rings. The molecule has 3 rings (SSSR count). The summed E-state index contributed by atoms with van der Waals surface area (Å²) in [4.78, 5) is 15.4. The lowest BCUT2D eigenvalue weighted by atomic mass is 10.1. The number of hydrogen-bond acceptors (Lipinski definition) is 4. The van der Waals surface area contributed by atoms with E-state index < -0.39 is 30.6 Å². The van der Waals surface area contributed by atoms with E-state index in [0.717, 1.165) is 0 Å². The Bertz CT molecular complexity index is 785. The number of ether oxygens (including phenoxy) is 2. The highest BCUT2D eigenvalue weighted by Gasteiger charge is 2.47. The second kappa shape index (κ2) is 6.20. The maximum atomic E-state index is 14.8. The largest absolute Gasteiger partial charge is 0.456 e. The molecule has 0 unspecified atom stereocenters. The molecule has 1 aliphatic rings. The summed E-state index contributed by atoms with van der Waals surface area (Å²) in [5, 5.41) is 0.678. The number of alkyl halides is 1. The third-order valence-electron chi connectivity index (χ3n) is 3.65. The van der Waals surface area contributed by atoms with Crippen LogP contribution < -0.4 is 0 Å². The number of carbonyl (C=O) groups excluding carboxylic acids is 1. The Morgan fingerprint density at radius 1 is 1.43 bits per heavy atom. The topological polar surface area (TPSA) is 53.4 Å². The molecule has 1 fully saturated rings. The van der Waals surface area contributed by atoms with Crippen molar-refractivity contribution in [1.29, 1.82) is 0 Å². The van der Waals surface area contributed by atoms with E-state index in [-0.39, 0.29) is 0 Å². The van der Waals surface area contributed by atoms with Gasteiger partial charge in [0, 0.05) is 6.92 Å². The maximum absolute atomic E-state index is 14.8. The molecule has 0 bridgehead atoms. The molecule has 2 heterocycles. The first kappa shape index (κ1) is 17.0. The molecule has 23 heavy (non-hydrogen) atoms. The molecule has 0 spiro atoms. The van der Waals surface area contributed by atoms with E-state index in [4.69, 9.17) is 32.7 Å².